The van der Waals surface area contributed by atoms with Crippen LogP contribution < -0.4 is 4.74 Å². The topological polar surface area (TPSA) is 59.0 Å². The molecule has 1 aromatic rings. The third-order valence-electron chi connectivity index (χ3n) is 3.82. The Kier molecular flexibility index (Phi) is 4.49. The zero-order chi connectivity index (χ0) is 15.6. The average molecular weight is 297 g/mol. The predicted molar refractivity (Wildman–Crippen MR) is 74.9 cm³/mol. The Morgan fingerprint density at radius 2 is 2.19 bits per heavy atom. The van der Waals surface area contributed by atoms with Crippen molar-refractivity contribution in [3.05, 3.63) is 29.6 Å². The summed E-state index contributed by atoms with van der Waals surface area (Å²) in [4.78, 5) is 12.6. The van der Waals surface area contributed by atoms with Crippen molar-refractivity contribution in [2.45, 2.75) is 25.5 Å². The molecule has 1 unspecified atom stereocenters. The van der Waals surface area contributed by atoms with Crippen LogP contribution in [0.5, 0.6) is 5.75 Å². The van der Waals surface area contributed by atoms with Crippen LogP contribution in [0, 0.1) is 5.82 Å². The summed E-state index contributed by atoms with van der Waals surface area (Å²) in [5, 5.41) is 8.65. The van der Waals surface area contributed by atoms with Crippen molar-refractivity contribution in [2.75, 3.05) is 26.8 Å². The highest BCUT2D eigenvalue weighted by Gasteiger charge is 2.43. The summed E-state index contributed by atoms with van der Waals surface area (Å²) in [6, 6.07) is 4.59. The normalized spacial score (nSPS) is 18.9. The van der Waals surface area contributed by atoms with Crippen molar-refractivity contribution < 1.29 is 23.8 Å². The first-order valence-electron chi connectivity index (χ1n) is 6.78. The number of ether oxygens (including phenoxy) is 2. The second-order valence-corrected chi connectivity index (χ2v) is 5.57. The Bertz CT molecular complexity index is 528. The fourth-order valence-electron chi connectivity index (χ4n) is 2.70. The van der Waals surface area contributed by atoms with Gasteiger partial charge in [0.25, 0.3) is 0 Å². The molecule has 0 amide bonds. The van der Waals surface area contributed by atoms with Gasteiger partial charge >= 0.3 is 5.97 Å². The number of hydrogen-bond donors (Lipinski definition) is 1. The van der Waals surface area contributed by atoms with Gasteiger partial charge in [-0.1, -0.05) is 6.07 Å². The van der Waals surface area contributed by atoms with Gasteiger partial charge in [0.2, 0.25) is 0 Å². The summed E-state index contributed by atoms with van der Waals surface area (Å²) in [5.41, 5.74) is 0.0193. The molecule has 1 saturated heterocycles. The highest BCUT2D eigenvalue weighted by atomic mass is 19.1. The Morgan fingerprint density at radius 3 is 2.76 bits per heavy atom. The van der Waals surface area contributed by atoms with Crippen molar-refractivity contribution in [1.29, 1.82) is 0 Å². The maximum absolute atomic E-state index is 14.0. The number of carboxylic acid groups (broad SMARTS) is 1. The number of halogens is 1. The number of benzene rings is 1. The van der Waals surface area contributed by atoms with E-state index in [9.17, 15) is 9.18 Å². The van der Waals surface area contributed by atoms with Crippen LogP contribution in [0.4, 0.5) is 4.39 Å². The van der Waals surface area contributed by atoms with Crippen LogP contribution in [-0.4, -0.2) is 48.4 Å². The van der Waals surface area contributed by atoms with Crippen LogP contribution in [0.15, 0.2) is 18.2 Å². The molecule has 116 valence electrons. The van der Waals surface area contributed by atoms with Crippen molar-refractivity contribution in [3.63, 3.8) is 0 Å². The summed E-state index contributed by atoms with van der Waals surface area (Å²) in [6.45, 7) is 4.55. The van der Waals surface area contributed by atoms with Gasteiger partial charge in [-0.3, -0.25) is 4.90 Å². The minimum absolute atomic E-state index is 0.164. The second-order valence-electron chi connectivity index (χ2n) is 5.57. The molecule has 0 radical (unpaired) electrons. The fraction of sp³-hybridized carbons (Fsp3) is 0.533. The van der Waals surface area contributed by atoms with E-state index in [2.05, 4.69) is 0 Å². The van der Waals surface area contributed by atoms with Gasteiger partial charge in [0.05, 0.1) is 12.7 Å². The summed E-state index contributed by atoms with van der Waals surface area (Å²) in [7, 11) is 1.52. The summed E-state index contributed by atoms with van der Waals surface area (Å²) in [5.74, 6) is -0.775. The highest BCUT2D eigenvalue weighted by molar-refractivity contribution is 5.68. The number of rotatable bonds is 6. The third-order valence-corrected chi connectivity index (χ3v) is 3.82. The molecule has 0 saturated carbocycles. The average Bonchev–Trinajstić information content (AvgIpc) is 2.41. The Morgan fingerprint density at radius 1 is 1.52 bits per heavy atom. The van der Waals surface area contributed by atoms with E-state index in [1.807, 2.05) is 18.7 Å². The van der Waals surface area contributed by atoms with Crippen LogP contribution in [0.1, 0.15) is 25.5 Å². The highest BCUT2D eigenvalue weighted by Crippen LogP contribution is 2.37. The summed E-state index contributed by atoms with van der Waals surface area (Å²) in [6.07, 6.45) is 0. The number of aliphatic carboxylic acids is 1. The lowest BCUT2D eigenvalue weighted by Crippen LogP contribution is -2.62. The van der Waals surface area contributed by atoms with Gasteiger partial charge in [0.15, 0.2) is 0 Å². The van der Waals surface area contributed by atoms with Gasteiger partial charge in [0.1, 0.15) is 18.2 Å². The maximum atomic E-state index is 14.0. The minimum atomic E-state index is -0.988. The smallest absolute Gasteiger partial charge is 0.329 e. The van der Waals surface area contributed by atoms with Crippen LogP contribution in [-0.2, 0) is 9.53 Å². The van der Waals surface area contributed by atoms with Crippen LogP contribution in [0.25, 0.3) is 0 Å². The van der Waals surface area contributed by atoms with Crippen LogP contribution in [0.3, 0.4) is 0 Å². The molecular formula is C15H20FNO4. The molecule has 1 N–H and O–H groups in total. The lowest BCUT2D eigenvalue weighted by atomic mass is 9.91. The molecular weight excluding hydrogens is 277 g/mol. The van der Waals surface area contributed by atoms with E-state index < -0.39 is 11.6 Å². The first kappa shape index (κ1) is 15.7. The second kappa shape index (κ2) is 5.99. The van der Waals surface area contributed by atoms with E-state index in [4.69, 9.17) is 14.6 Å². The van der Waals surface area contributed by atoms with E-state index >= 15 is 0 Å². The molecule has 21 heavy (non-hydrogen) atoms. The Hall–Kier alpha value is -1.66. The molecule has 1 aliphatic rings. The number of carboxylic acids is 1. The first-order chi connectivity index (χ1) is 9.86. The standard InChI is InChI=1S/C15H20FNO4/c1-10(14-11(16)5-4-6-12(14)20-3)17-8-15(2,9-17)21-7-13(18)19/h4-6,10H,7-9H2,1-3H3,(H,18,19). The third kappa shape index (κ3) is 3.33. The molecule has 0 aliphatic carbocycles. The first-order valence-corrected chi connectivity index (χ1v) is 6.78. The largest absolute Gasteiger partial charge is 0.496 e. The van der Waals surface area contributed by atoms with Crippen molar-refractivity contribution >= 4 is 5.97 Å². The Labute approximate surface area is 123 Å². The van der Waals surface area contributed by atoms with E-state index in [0.717, 1.165) is 0 Å². The molecule has 0 bridgehead atoms. The van der Waals surface area contributed by atoms with Crippen LogP contribution in [0.2, 0.25) is 0 Å². The van der Waals surface area contributed by atoms with Gasteiger partial charge < -0.3 is 14.6 Å². The molecule has 6 heteroatoms. The zero-order valence-corrected chi connectivity index (χ0v) is 12.4. The van der Waals surface area contributed by atoms with E-state index in [-0.39, 0.29) is 18.5 Å². The summed E-state index contributed by atoms with van der Waals surface area (Å²) < 4.78 is 24.6. The SMILES string of the molecule is COc1cccc(F)c1C(C)N1CC(C)(OCC(=O)O)C1. The van der Waals surface area contributed by atoms with Gasteiger partial charge in [0, 0.05) is 24.7 Å². The van der Waals surface area contributed by atoms with E-state index in [1.54, 1.807) is 12.1 Å². The molecule has 1 fully saturated rings. The van der Waals surface area contributed by atoms with E-state index in [0.29, 0.717) is 24.4 Å². The molecule has 5 nitrogen and oxygen atoms in total. The Balaban J connectivity index is 2.04. The van der Waals surface area contributed by atoms with Gasteiger partial charge in [-0.25, -0.2) is 9.18 Å². The predicted octanol–water partition coefficient (Wildman–Crippen LogP) is 2.07. The molecule has 1 atom stereocenters. The summed E-state index contributed by atoms with van der Waals surface area (Å²) >= 11 is 0. The molecule has 0 spiro atoms. The minimum Gasteiger partial charge on any atom is -0.496 e. The number of methoxy groups -OCH3 is 1. The molecule has 0 aromatic heterocycles. The number of likely N-dealkylation sites (tertiary alicyclic amines) is 1. The van der Waals surface area contributed by atoms with Gasteiger partial charge in [-0.15, -0.1) is 0 Å². The van der Waals surface area contributed by atoms with Crippen molar-refractivity contribution in [1.82, 2.24) is 4.90 Å². The number of nitrogens with zero attached hydrogens (tertiary/aromatic N) is 1. The van der Waals surface area contributed by atoms with Gasteiger partial charge in [-0.2, -0.15) is 0 Å². The molecule has 1 aromatic carbocycles. The van der Waals surface area contributed by atoms with Crippen molar-refractivity contribution in [3.8, 4) is 5.75 Å². The van der Waals surface area contributed by atoms with Crippen LogP contribution >= 0.6 is 0 Å². The number of carbonyl (C=O) groups is 1. The lowest BCUT2D eigenvalue weighted by molar-refractivity contribution is -0.169. The molecule has 2 rings (SSSR count). The molecule has 1 heterocycles. The lowest BCUT2D eigenvalue weighted by Gasteiger charge is -2.50. The van der Waals surface area contributed by atoms with E-state index in [1.165, 1.54) is 13.2 Å². The maximum Gasteiger partial charge on any atom is 0.329 e. The fourth-order valence-corrected chi connectivity index (χ4v) is 2.70. The molecule has 1 aliphatic heterocycles. The quantitative estimate of drug-likeness (QED) is 0.871. The van der Waals surface area contributed by atoms with Gasteiger partial charge in [-0.05, 0) is 26.0 Å². The zero-order valence-electron chi connectivity index (χ0n) is 12.4. The van der Waals surface area contributed by atoms with Crippen molar-refractivity contribution in [2.24, 2.45) is 0 Å². The monoisotopic (exact) mass is 297 g/mol. The number of hydrogen-bond acceptors (Lipinski definition) is 4.